The molecule has 0 amide bonds. The molecule has 0 atom stereocenters. The van der Waals surface area contributed by atoms with E-state index in [0.717, 1.165) is 4.47 Å². The topological polar surface area (TPSA) is 83.2 Å². The molecule has 1 aromatic heterocycles. The Hall–Kier alpha value is -2.39. The molecule has 0 saturated carbocycles. The highest BCUT2D eigenvalue weighted by molar-refractivity contribution is 9.10. The molecule has 0 unspecified atom stereocenters. The van der Waals surface area contributed by atoms with Gasteiger partial charge in [0, 0.05) is 10.7 Å². The molecule has 0 aliphatic carbocycles. The third-order valence-corrected chi connectivity index (χ3v) is 2.79. The van der Waals surface area contributed by atoms with Crippen molar-refractivity contribution in [3.63, 3.8) is 0 Å². The lowest BCUT2D eigenvalue weighted by molar-refractivity contribution is 0.0694. The van der Waals surface area contributed by atoms with Crippen molar-refractivity contribution in [3.8, 4) is 17.6 Å². The number of carboxylic acids is 1. The van der Waals surface area contributed by atoms with Gasteiger partial charge in [-0.15, -0.1) is 0 Å². The Morgan fingerprint density at radius 3 is 2.84 bits per heavy atom. The predicted octanol–water partition coefficient (Wildman–Crippen LogP) is 3.21. The van der Waals surface area contributed by atoms with E-state index in [2.05, 4.69) is 20.9 Å². The Balaban J connectivity index is 2.43. The standard InChI is InChI=1S/C13H7BrN2O3/c14-9-1-2-11(8(5-9)6-15)19-12-7-16-4-3-10(12)13(17)18/h1-5,7H,(H,17,18). The van der Waals surface area contributed by atoms with Gasteiger partial charge in [-0.3, -0.25) is 4.98 Å². The van der Waals surface area contributed by atoms with E-state index in [-0.39, 0.29) is 17.1 Å². The minimum atomic E-state index is -1.12. The van der Waals surface area contributed by atoms with Gasteiger partial charge in [0.05, 0.1) is 11.8 Å². The number of carbonyl (C=O) groups is 1. The van der Waals surface area contributed by atoms with E-state index in [1.165, 1.54) is 18.5 Å². The predicted molar refractivity (Wildman–Crippen MR) is 70.1 cm³/mol. The maximum absolute atomic E-state index is 11.0. The average Bonchev–Trinajstić information content (AvgIpc) is 2.41. The van der Waals surface area contributed by atoms with Gasteiger partial charge in [0.2, 0.25) is 0 Å². The second kappa shape index (κ2) is 5.50. The van der Waals surface area contributed by atoms with E-state index in [9.17, 15) is 4.79 Å². The van der Waals surface area contributed by atoms with Gasteiger partial charge < -0.3 is 9.84 Å². The van der Waals surface area contributed by atoms with Gasteiger partial charge in [-0.25, -0.2) is 4.79 Å². The maximum Gasteiger partial charge on any atom is 0.339 e. The van der Waals surface area contributed by atoms with Crippen LogP contribution in [0, 0.1) is 11.3 Å². The van der Waals surface area contributed by atoms with Crippen LogP contribution in [0.25, 0.3) is 0 Å². The fourth-order valence-electron chi connectivity index (χ4n) is 1.44. The number of nitriles is 1. The molecule has 5 nitrogen and oxygen atoms in total. The third kappa shape index (κ3) is 2.89. The highest BCUT2D eigenvalue weighted by Crippen LogP contribution is 2.29. The van der Waals surface area contributed by atoms with Crippen LogP contribution in [0.3, 0.4) is 0 Å². The highest BCUT2D eigenvalue weighted by Gasteiger charge is 2.13. The summed E-state index contributed by atoms with van der Waals surface area (Å²) in [6, 6.07) is 8.19. The van der Waals surface area contributed by atoms with E-state index >= 15 is 0 Å². The molecule has 0 fully saturated rings. The van der Waals surface area contributed by atoms with E-state index in [1.807, 2.05) is 6.07 Å². The Labute approximate surface area is 117 Å². The molecular formula is C13H7BrN2O3. The first kappa shape index (κ1) is 13.1. The summed E-state index contributed by atoms with van der Waals surface area (Å²) < 4.78 is 6.20. The van der Waals surface area contributed by atoms with Gasteiger partial charge in [0.25, 0.3) is 0 Å². The number of aromatic nitrogens is 1. The number of nitrogens with zero attached hydrogens (tertiary/aromatic N) is 2. The molecule has 19 heavy (non-hydrogen) atoms. The molecular weight excluding hydrogens is 312 g/mol. The fraction of sp³-hybridized carbons (Fsp3) is 0. The molecule has 2 aromatic rings. The molecule has 0 saturated heterocycles. The summed E-state index contributed by atoms with van der Waals surface area (Å²) in [6.45, 7) is 0. The van der Waals surface area contributed by atoms with Crippen LogP contribution in [0.4, 0.5) is 0 Å². The molecule has 2 rings (SSSR count). The molecule has 1 aromatic carbocycles. The summed E-state index contributed by atoms with van der Waals surface area (Å²) in [6.07, 6.45) is 2.66. The zero-order valence-corrected chi connectivity index (χ0v) is 11.1. The summed E-state index contributed by atoms with van der Waals surface area (Å²) in [5, 5.41) is 18.1. The van der Waals surface area contributed by atoms with Crippen LogP contribution in [-0.2, 0) is 0 Å². The van der Waals surface area contributed by atoms with Crippen molar-refractivity contribution in [3.05, 3.63) is 52.3 Å². The smallest absolute Gasteiger partial charge is 0.339 e. The van der Waals surface area contributed by atoms with Crippen LogP contribution in [0.15, 0.2) is 41.1 Å². The summed E-state index contributed by atoms with van der Waals surface area (Å²) in [4.78, 5) is 14.9. The lowest BCUT2D eigenvalue weighted by Gasteiger charge is -2.09. The molecule has 1 N–H and O–H groups in total. The minimum Gasteiger partial charge on any atom is -0.478 e. The number of rotatable bonds is 3. The van der Waals surface area contributed by atoms with Gasteiger partial charge >= 0.3 is 5.97 Å². The van der Waals surface area contributed by atoms with Crippen molar-refractivity contribution < 1.29 is 14.6 Å². The number of ether oxygens (including phenoxy) is 1. The van der Waals surface area contributed by atoms with Crippen LogP contribution in [-0.4, -0.2) is 16.1 Å². The van der Waals surface area contributed by atoms with Gasteiger partial charge in [-0.05, 0) is 24.3 Å². The van der Waals surface area contributed by atoms with E-state index in [0.29, 0.717) is 5.56 Å². The van der Waals surface area contributed by atoms with Crippen molar-refractivity contribution in [1.82, 2.24) is 4.98 Å². The van der Waals surface area contributed by atoms with Crippen molar-refractivity contribution >= 4 is 21.9 Å². The number of hydrogen-bond acceptors (Lipinski definition) is 4. The van der Waals surface area contributed by atoms with E-state index in [1.54, 1.807) is 18.2 Å². The monoisotopic (exact) mass is 318 g/mol. The molecule has 0 aliphatic heterocycles. The third-order valence-electron chi connectivity index (χ3n) is 2.30. The number of aromatic carboxylic acids is 1. The summed E-state index contributed by atoms with van der Waals surface area (Å²) in [5.74, 6) is -0.747. The molecule has 94 valence electrons. The van der Waals surface area contributed by atoms with Crippen LogP contribution in [0.2, 0.25) is 0 Å². The van der Waals surface area contributed by atoms with Gasteiger partial charge in [-0.2, -0.15) is 5.26 Å². The zero-order chi connectivity index (χ0) is 13.8. The molecule has 1 heterocycles. The number of hydrogen-bond donors (Lipinski definition) is 1. The SMILES string of the molecule is N#Cc1cc(Br)ccc1Oc1cnccc1C(=O)O. The van der Waals surface area contributed by atoms with Crippen molar-refractivity contribution in [2.24, 2.45) is 0 Å². The lowest BCUT2D eigenvalue weighted by Crippen LogP contribution is -2.01. The van der Waals surface area contributed by atoms with Crippen molar-refractivity contribution in [2.45, 2.75) is 0 Å². The van der Waals surface area contributed by atoms with Crippen molar-refractivity contribution in [1.29, 1.82) is 5.26 Å². The van der Waals surface area contributed by atoms with Gasteiger partial charge in [-0.1, -0.05) is 15.9 Å². The maximum atomic E-state index is 11.0. The summed E-state index contributed by atoms with van der Waals surface area (Å²) in [5.41, 5.74) is 0.288. The Morgan fingerprint density at radius 2 is 2.16 bits per heavy atom. The van der Waals surface area contributed by atoms with Gasteiger partial charge in [0.15, 0.2) is 5.75 Å². The second-order valence-electron chi connectivity index (χ2n) is 3.53. The van der Waals surface area contributed by atoms with Crippen LogP contribution in [0.5, 0.6) is 11.5 Å². The largest absolute Gasteiger partial charge is 0.478 e. The Bertz CT molecular complexity index is 680. The van der Waals surface area contributed by atoms with Crippen molar-refractivity contribution in [2.75, 3.05) is 0 Å². The van der Waals surface area contributed by atoms with E-state index in [4.69, 9.17) is 15.1 Å². The first-order chi connectivity index (χ1) is 9.11. The van der Waals surface area contributed by atoms with E-state index < -0.39 is 5.97 Å². The van der Waals surface area contributed by atoms with Gasteiger partial charge in [0.1, 0.15) is 17.4 Å². The molecule has 0 aliphatic rings. The minimum absolute atomic E-state index is 0.0122. The number of carboxylic acid groups (broad SMARTS) is 1. The molecule has 6 heteroatoms. The summed E-state index contributed by atoms with van der Waals surface area (Å²) >= 11 is 3.25. The van der Waals surface area contributed by atoms with Crippen LogP contribution >= 0.6 is 15.9 Å². The summed E-state index contributed by atoms with van der Waals surface area (Å²) in [7, 11) is 0. The number of pyridine rings is 1. The first-order valence-corrected chi connectivity index (χ1v) is 5.96. The van der Waals surface area contributed by atoms with Crippen LogP contribution < -0.4 is 4.74 Å². The first-order valence-electron chi connectivity index (χ1n) is 5.16. The lowest BCUT2D eigenvalue weighted by atomic mass is 10.2. The Kier molecular flexibility index (Phi) is 3.78. The zero-order valence-electron chi connectivity index (χ0n) is 9.50. The quantitative estimate of drug-likeness (QED) is 0.939. The fourth-order valence-corrected chi connectivity index (χ4v) is 1.80. The van der Waals surface area contributed by atoms with Crippen LogP contribution in [0.1, 0.15) is 15.9 Å². The molecule has 0 spiro atoms. The number of halogens is 1. The average molecular weight is 319 g/mol. The Morgan fingerprint density at radius 1 is 1.37 bits per heavy atom. The normalized spacial score (nSPS) is 9.68. The number of benzene rings is 1. The molecule has 0 bridgehead atoms. The second-order valence-corrected chi connectivity index (χ2v) is 4.45. The molecule has 0 radical (unpaired) electrons. The highest BCUT2D eigenvalue weighted by atomic mass is 79.9.